The third-order valence-electron chi connectivity index (χ3n) is 8.82. The van der Waals surface area contributed by atoms with E-state index in [1.54, 1.807) is 21.9 Å². The molecule has 0 spiro atoms. The zero-order valence-electron chi connectivity index (χ0n) is 32.6. The van der Waals surface area contributed by atoms with Crippen molar-refractivity contribution in [1.82, 2.24) is 0 Å². The molecule has 0 bridgehead atoms. The maximum Gasteiger partial charge on any atom is 0.124 e. The highest BCUT2D eigenvalue weighted by molar-refractivity contribution is 7.86. The van der Waals surface area contributed by atoms with E-state index in [0.29, 0.717) is 17.2 Å². The topological polar surface area (TPSA) is 123 Å². The van der Waals surface area contributed by atoms with E-state index in [9.17, 15) is 25.9 Å². The molecule has 4 aromatic carbocycles. The van der Waals surface area contributed by atoms with Crippen LogP contribution in [0.3, 0.4) is 0 Å². The monoisotopic (exact) mass is 790 g/mol. The van der Waals surface area contributed by atoms with E-state index in [4.69, 9.17) is 0 Å². The highest BCUT2D eigenvalue weighted by atomic mass is 32.2. The molecule has 0 saturated carbocycles. The van der Waals surface area contributed by atoms with Crippen LogP contribution in [0.25, 0.3) is 0 Å². The molecule has 52 heavy (non-hydrogen) atoms. The van der Waals surface area contributed by atoms with Gasteiger partial charge in [-0.05, 0) is 137 Å². The second-order valence-corrected chi connectivity index (χ2v) is 17.8. The van der Waals surface area contributed by atoms with Crippen LogP contribution in [0.2, 0.25) is 0 Å². The van der Waals surface area contributed by atoms with Crippen molar-refractivity contribution in [3.05, 3.63) is 107 Å². The molecule has 0 aromatic heterocycles. The van der Waals surface area contributed by atoms with E-state index in [2.05, 4.69) is 41.5 Å². The molecule has 0 aliphatic rings. The van der Waals surface area contributed by atoms with Gasteiger partial charge < -0.3 is 18.9 Å². The Bertz CT molecular complexity index is 1730. The molecule has 0 saturated heterocycles. The van der Waals surface area contributed by atoms with E-state index < -0.39 is 20.2 Å². The van der Waals surface area contributed by atoms with Gasteiger partial charge in [0.2, 0.25) is 0 Å². The molecule has 0 heterocycles. The number of rotatable bonds is 12. The van der Waals surface area contributed by atoms with Gasteiger partial charge in [0.05, 0.1) is 49.1 Å². The smallest absolute Gasteiger partial charge is 0.124 e. The summed E-state index contributed by atoms with van der Waals surface area (Å²) in [5, 5.41) is 4.11. The molecule has 0 fully saturated rings. The maximum atomic E-state index is 11.1. The Kier molecular flexibility index (Phi) is 21.9. The summed E-state index contributed by atoms with van der Waals surface area (Å²) in [5.41, 5.74) is 4.31. The predicted octanol–water partition coefficient (Wildman–Crippen LogP) is 3.54. The Morgan fingerprint density at radius 1 is 0.442 bits per heavy atom. The van der Waals surface area contributed by atoms with Gasteiger partial charge in [-0.2, -0.15) is 0 Å². The van der Waals surface area contributed by atoms with Crippen LogP contribution in [-0.4, -0.2) is 65.2 Å². The van der Waals surface area contributed by atoms with Gasteiger partial charge in [-0.15, -0.1) is 0 Å². The van der Waals surface area contributed by atoms with Crippen molar-refractivity contribution in [2.75, 3.05) is 39.3 Å². The maximum absolute atomic E-state index is 11.1. The van der Waals surface area contributed by atoms with Crippen LogP contribution in [0.4, 0.5) is 0 Å². The summed E-state index contributed by atoms with van der Waals surface area (Å²) < 4.78 is 66.4. The van der Waals surface area contributed by atoms with Crippen LogP contribution in [0.1, 0.15) is 63.8 Å². The summed E-state index contributed by atoms with van der Waals surface area (Å²) in [5.74, 6) is 0. The molecule has 4 aromatic rings. The molecule has 0 amide bonds. The first-order valence-electron chi connectivity index (χ1n) is 17.9. The first-order valence-corrected chi connectivity index (χ1v) is 22.7. The third-order valence-corrected chi connectivity index (χ3v) is 13.8. The molecule has 288 valence electrons. The fourth-order valence-corrected chi connectivity index (χ4v) is 8.72. The lowest BCUT2D eigenvalue weighted by molar-refractivity contribution is -0.894. The molecule has 0 aliphatic carbocycles. The summed E-state index contributed by atoms with van der Waals surface area (Å²) in [6, 6.07) is 25.0. The van der Waals surface area contributed by atoms with Crippen LogP contribution in [0.5, 0.6) is 0 Å². The number of nitrogens with one attached hydrogen (secondary N) is 2. The highest BCUT2D eigenvalue weighted by Gasteiger charge is 2.09. The molecular weight excluding hydrogens is 731 g/mol. The van der Waals surface area contributed by atoms with E-state index in [-0.39, 0.29) is 9.79 Å². The van der Waals surface area contributed by atoms with Gasteiger partial charge in [-0.1, -0.05) is 77.8 Å². The second kappa shape index (κ2) is 24.0. The van der Waals surface area contributed by atoms with Crippen molar-refractivity contribution in [1.29, 1.82) is 0 Å². The summed E-state index contributed by atoms with van der Waals surface area (Å²) in [6.45, 7) is 28.8. The van der Waals surface area contributed by atoms with E-state index in [0.717, 1.165) is 43.5 Å². The lowest BCUT2D eigenvalue weighted by atomic mass is 10.2. The lowest BCUT2D eigenvalue weighted by Gasteiger charge is -2.12. The first-order chi connectivity index (χ1) is 24.4. The van der Waals surface area contributed by atoms with Crippen molar-refractivity contribution in [3.63, 3.8) is 0 Å². The normalized spacial score (nSPS) is 11.7. The van der Waals surface area contributed by atoms with Crippen molar-refractivity contribution in [2.24, 2.45) is 0 Å². The van der Waals surface area contributed by atoms with E-state index in [1.807, 2.05) is 76.2 Å². The zero-order valence-corrected chi connectivity index (χ0v) is 36.2. The fourth-order valence-electron chi connectivity index (χ4n) is 5.00. The average molecular weight is 791 g/mol. The minimum absolute atomic E-state index is 0.158. The molecule has 2 atom stereocenters. The second-order valence-electron chi connectivity index (χ2n) is 12.4. The van der Waals surface area contributed by atoms with Crippen LogP contribution < -0.4 is 31.0 Å². The molecular formula is C40H60N2O6P2S2. The van der Waals surface area contributed by atoms with Gasteiger partial charge >= 0.3 is 0 Å². The van der Waals surface area contributed by atoms with Crippen molar-refractivity contribution < 1.29 is 35.7 Å². The van der Waals surface area contributed by atoms with Gasteiger partial charge in [0.1, 0.15) is 20.2 Å². The molecule has 4 rings (SSSR count). The van der Waals surface area contributed by atoms with Crippen LogP contribution in [-0.2, 0) is 20.2 Å². The van der Waals surface area contributed by atoms with Crippen LogP contribution in [0, 0.1) is 27.7 Å². The molecule has 12 heteroatoms. The van der Waals surface area contributed by atoms with E-state index >= 15 is 0 Å². The van der Waals surface area contributed by atoms with Gasteiger partial charge in [-0.25, -0.2) is 16.8 Å². The van der Waals surface area contributed by atoms with E-state index in [1.165, 1.54) is 63.5 Å². The predicted molar refractivity (Wildman–Crippen MR) is 221 cm³/mol. The van der Waals surface area contributed by atoms with Gasteiger partial charge in [0.25, 0.3) is 0 Å². The Hall–Kier alpha value is -2.52. The molecule has 0 radical (unpaired) electrons. The average Bonchev–Trinajstić information content (AvgIpc) is 3.10. The van der Waals surface area contributed by atoms with Gasteiger partial charge in [0, 0.05) is 0 Å². The SMILES string of the molecule is CC[NH+](CC)CC.CC[NH+](CC)CC.Cc1ccccc1Pc1cc(S(=O)(=O)[O-])ccc1C.Cc1ccccc1Pc1cc(S(=O)(=O)[O-])ccc1C. The summed E-state index contributed by atoms with van der Waals surface area (Å²) in [6.07, 6.45) is 0. The Labute approximate surface area is 318 Å². The summed E-state index contributed by atoms with van der Waals surface area (Å²) in [7, 11) is -8.09. The fraction of sp³-hybridized carbons (Fsp3) is 0.400. The quantitative estimate of drug-likeness (QED) is 0.167. The summed E-state index contributed by atoms with van der Waals surface area (Å²) >= 11 is 0. The number of quaternary nitrogens is 2. The number of hydrogen-bond acceptors (Lipinski definition) is 6. The number of aryl methyl sites for hydroxylation is 4. The standard InChI is InChI=1S/2C14H15O3PS.2C6H15N/c2*1-10-5-3-4-6-13(10)18-14-9-12(19(15,16)17)8-7-11(14)2;2*1-4-7(5-2)6-3/h2*3-9,18H,1-2H3,(H,15,16,17);2*4-6H2,1-3H3. The summed E-state index contributed by atoms with van der Waals surface area (Å²) in [4.78, 5) is 3.04. The van der Waals surface area contributed by atoms with Gasteiger partial charge in [0.15, 0.2) is 0 Å². The number of hydrogen-bond donors (Lipinski definition) is 2. The van der Waals surface area contributed by atoms with Gasteiger partial charge in [-0.3, -0.25) is 0 Å². The van der Waals surface area contributed by atoms with Crippen molar-refractivity contribution in [2.45, 2.75) is 79.0 Å². The zero-order chi connectivity index (χ0) is 39.5. The molecule has 2 N–H and O–H groups in total. The van der Waals surface area contributed by atoms with Crippen molar-refractivity contribution in [3.8, 4) is 0 Å². The Morgan fingerprint density at radius 2 is 0.712 bits per heavy atom. The number of benzene rings is 4. The van der Waals surface area contributed by atoms with Crippen molar-refractivity contribution >= 4 is 58.6 Å². The highest BCUT2D eigenvalue weighted by Crippen LogP contribution is 2.20. The minimum Gasteiger partial charge on any atom is -0.744 e. The third kappa shape index (κ3) is 17.1. The largest absolute Gasteiger partial charge is 0.744 e. The lowest BCUT2D eigenvalue weighted by Crippen LogP contribution is -3.11. The van der Waals surface area contributed by atoms with Crippen LogP contribution in [0.15, 0.2) is 94.7 Å². The Balaban J connectivity index is 0.000000384. The molecule has 2 unspecified atom stereocenters. The minimum atomic E-state index is -4.39. The molecule has 8 nitrogen and oxygen atoms in total. The molecule has 0 aliphatic heterocycles. The first kappa shape index (κ1) is 47.5. The Morgan fingerprint density at radius 3 is 0.942 bits per heavy atom. The van der Waals surface area contributed by atoms with Crippen LogP contribution >= 0.6 is 17.2 Å².